The first-order chi connectivity index (χ1) is 9.11. The van der Waals surface area contributed by atoms with Gasteiger partial charge in [-0.15, -0.1) is 0 Å². The molecule has 0 aromatic carbocycles. The number of hydrogen-bond donors (Lipinski definition) is 2. The Hall–Kier alpha value is -2.11. The van der Waals surface area contributed by atoms with E-state index in [1.54, 1.807) is 12.1 Å². The molecule has 1 saturated carbocycles. The minimum atomic E-state index is -0.851. The second kappa shape index (κ2) is 5.69. The Morgan fingerprint density at radius 3 is 2.79 bits per heavy atom. The second-order valence-corrected chi connectivity index (χ2v) is 4.54. The third kappa shape index (κ3) is 3.01. The third-order valence-corrected chi connectivity index (χ3v) is 3.36. The largest absolute Gasteiger partial charge is 0.481 e. The molecule has 2 N–H and O–H groups in total. The van der Waals surface area contributed by atoms with E-state index < -0.39 is 11.9 Å². The van der Waals surface area contributed by atoms with E-state index in [2.05, 4.69) is 10.3 Å². The van der Waals surface area contributed by atoms with Crippen molar-refractivity contribution in [1.82, 2.24) is 10.3 Å². The summed E-state index contributed by atoms with van der Waals surface area (Å²) in [6, 6.07) is 2.90. The molecule has 1 aromatic rings. The molecule has 19 heavy (non-hydrogen) atoms. The molecule has 1 aromatic heterocycles. The van der Waals surface area contributed by atoms with E-state index in [1.165, 1.54) is 13.3 Å². The van der Waals surface area contributed by atoms with Gasteiger partial charge in [0.2, 0.25) is 5.88 Å². The van der Waals surface area contributed by atoms with E-state index in [9.17, 15) is 9.59 Å². The number of aromatic nitrogens is 1. The van der Waals surface area contributed by atoms with E-state index in [0.29, 0.717) is 24.3 Å². The van der Waals surface area contributed by atoms with Crippen LogP contribution in [0.15, 0.2) is 18.3 Å². The van der Waals surface area contributed by atoms with Crippen molar-refractivity contribution in [2.45, 2.75) is 25.3 Å². The lowest BCUT2D eigenvalue weighted by Crippen LogP contribution is -2.40. The lowest BCUT2D eigenvalue weighted by molar-refractivity contribution is -0.142. The summed E-state index contributed by atoms with van der Waals surface area (Å²) in [5.41, 5.74) is 0.400. The Labute approximate surface area is 110 Å². The molecule has 0 bridgehead atoms. The zero-order valence-electron chi connectivity index (χ0n) is 10.6. The van der Waals surface area contributed by atoms with Crippen molar-refractivity contribution in [3.05, 3.63) is 23.9 Å². The molecule has 1 aliphatic rings. The maximum Gasteiger partial charge on any atom is 0.308 e. The summed E-state index contributed by atoms with van der Waals surface area (Å²) in [6.07, 6.45) is 3.55. The molecule has 6 heteroatoms. The van der Waals surface area contributed by atoms with Gasteiger partial charge in [-0.2, -0.15) is 0 Å². The molecular formula is C13H16N2O4. The van der Waals surface area contributed by atoms with Gasteiger partial charge in [-0.3, -0.25) is 9.59 Å². The van der Waals surface area contributed by atoms with Crippen LogP contribution in [0.5, 0.6) is 5.88 Å². The first-order valence-electron chi connectivity index (χ1n) is 6.15. The molecule has 6 nitrogen and oxygen atoms in total. The molecule has 0 saturated heterocycles. The van der Waals surface area contributed by atoms with E-state index in [0.717, 1.165) is 6.42 Å². The number of carbonyl (C=O) groups excluding carboxylic acids is 1. The smallest absolute Gasteiger partial charge is 0.308 e. The van der Waals surface area contributed by atoms with Gasteiger partial charge in [0.25, 0.3) is 5.91 Å². The number of carboxylic acid groups (broad SMARTS) is 1. The summed E-state index contributed by atoms with van der Waals surface area (Å²) < 4.78 is 4.91. The molecule has 0 spiro atoms. The minimum absolute atomic E-state index is 0.298. The van der Waals surface area contributed by atoms with E-state index in [-0.39, 0.29) is 11.9 Å². The summed E-state index contributed by atoms with van der Waals surface area (Å²) in [7, 11) is 1.50. The van der Waals surface area contributed by atoms with Gasteiger partial charge >= 0.3 is 5.97 Å². The average molecular weight is 264 g/mol. The molecule has 0 aliphatic heterocycles. The van der Waals surface area contributed by atoms with Gasteiger partial charge in [0.15, 0.2) is 0 Å². The normalized spacial score (nSPS) is 21.9. The Balaban J connectivity index is 2.01. The number of carboxylic acids is 1. The first-order valence-corrected chi connectivity index (χ1v) is 6.15. The quantitative estimate of drug-likeness (QED) is 0.849. The van der Waals surface area contributed by atoms with Gasteiger partial charge < -0.3 is 15.2 Å². The Morgan fingerprint density at radius 2 is 2.21 bits per heavy atom. The maximum absolute atomic E-state index is 12.0. The van der Waals surface area contributed by atoms with Crippen LogP contribution in [-0.2, 0) is 4.79 Å². The molecule has 1 fully saturated rings. The number of methoxy groups -OCH3 is 1. The van der Waals surface area contributed by atoms with Crippen LogP contribution in [0.25, 0.3) is 0 Å². The number of nitrogens with zero attached hydrogens (tertiary/aromatic N) is 1. The van der Waals surface area contributed by atoms with Crippen molar-refractivity contribution in [3.8, 4) is 5.88 Å². The predicted molar refractivity (Wildman–Crippen MR) is 67.0 cm³/mol. The van der Waals surface area contributed by atoms with Gasteiger partial charge in [-0.1, -0.05) is 6.42 Å². The van der Waals surface area contributed by atoms with Crippen LogP contribution in [0.2, 0.25) is 0 Å². The van der Waals surface area contributed by atoms with Crippen LogP contribution in [0.3, 0.4) is 0 Å². The summed E-state index contributed by atoms with van der Waals surface area (Å²) in [5, 5.41) is 11.8. The summed E-state index contributed by atoms with van der Waals surface area (Å²) in [4.78, 5) is 27.0. The van der Waals surface area contributed by atoms with Crippen LogP contribution >= 0.6 is 0 Å². The van der Waals surface area contributed by atoms with Crippen molar-refractivity contribution < 1.29 is 19.4 Å². The van der Waals surface area contributed by atoms with Gasteiger partial charge in [-0.05, 0) is 18.9 Å². The van der Waals surface area contributed by atoms with Crippen molar-refractivity contribution in [2.75, 3.05) is 7.11 Å². The third-order valence-electron chi connectivity index (χ3n) is 3.36. The molecular weight excluding hydrogens is 248 g/mol. The molecule has 2 rings (SSSR count). The molecule has 2 unspecified atom stereocenters. The second-order valence-electron chi connectivity index (χ2n) is 4.54. The zero-order valence-corrected chi connectivity index (χ0v) is 10.6. The lowest BCUT2D eigenvalue weighted by Gasteiger charge is -2.17. The Bertz CT molecular complexity index is 472. The van der Waals surface area contributed by atoms with Crippen molar-refractivity contribution in [3.63, 3.8) is 0 Å². The summed E-state index contributed by atoms with van der Waals surface area (Å²) >= 11 is 0. The van der Waals surface area contributed by atoms with E-state index >= 15 is 0 Å². The highest BCUT2D eigenvalue weighted by molar-refractivity contribution is 5.94. The monoisotopic (exact) mass is 264 g/mol. The first kappa shape index (κ1) is 13.3. The van der Waals surface area contributed by atoms with Gasteiger partial charge in [0.05, 0.1) is 18.6 Å². The number of nitrogens with one attached hydrogen (secondary N) is 1. The number of amides is 1. The number of ether oxygens (including phenoxy) is 1. The zero-order chi connectivity index (χ0) is 13.8. The topological polar surface area (TPSA) is 88.5 Å². The fourth-order valence-electron chi connectivity index (χ4n) is 2.32. The van der Waals surface area contributed by atoms with Crippen molar-refractivity contribution in [2.24, 2.45) is 5.92 Å². The molecule has 2 atom stereocenters. The van der Waals surface area contributed by atoms with Gasteiger partial charge in [0.1, 0.15) is 0 Å². The van der Waals surface area contributed by atoms with Crippen molar-refractivity contribution in [1.29, 1.82) is 0 Å². The number of carbonyl (C=O) groups is 2. The number of rotatable bonds is 4. The SMILES string of the molecule is COc1ccc(C(=O)NC2CCCC2C(=O)O)cn1. The minimum Gasteiger partial charge on any atom is -0.481 e. The van der Waals surface area contributed by atoms with Crippen LogP contribution in [0.1, 0.15) is 29.6 Å². The Morgan fingerprint density at radius 1 is 1.42 bits per heavy atom. The predicted octanol–water partition coefficient (Wildman–Crippen LogP) is 1.07. The fraction of sp³-hybridized carbons (Fsp3) is 0.462. The summed E-state index contributed by atoms with van der Waals surface area (Å²) in [6.45, 7) is 0. The lowest BCUT2D eigenvalue weighted by atomic mass is 10.0. The van der Waals surface area contributed by atoms with Gasteiger partial charge in [0, 0.05) is 18.3 Å². The van der Waals surface area contributed by atoms with Crippen LogP contribution in [-0.4, -0.2) is 35.1 Å². The van der Waals surface area contributed by atoms with Crippen LogP contribution in [0.4, 0.5) is 0 Å². The number of hydrogen-bond acceptors (Lipinski definition) is 4. The highest BCUT2D eigenvalue weighted by atomic mass is 16.5. The van der Waals surface area contributed by atoms with Crippen LogP contribution in [0, 0.1) is 5.92 Å². The van der Waals surface area contributed by atoms with Crippen molar-refractivity contribution >= 4 is 11.9 Å². The molecule has 0 radical (unpaired) electrons. The number of aliphatic carboxylic acids is 1. The highest BCUT2D eigenvalue weighted by Crippen LogP contribution is 2.26. The van der Waals surface area contributed by atoms with E-state index in [4.69, 9.17) is 9.84 Å². The van der Waals surface area contributed by atoms with Crippen LogP contribution < -0.4 is 10.1 Å². The standard InChI is InChI=1S/C13H16N2O4/c1-19-11-6-5-8(7-14-11)12(16)15-10-4-2-3-9(10)13(17)18/h5-7,9-10H,2-4H2,1H3,(H,15,16)(H,17,18). The Kier molecular flexibility index (Phi) is 3.99. The molecule has 1 heterocycles. The molecule has 102 valence electrons. The highest BCUT2D eigenvalue weighted by Gasteiger charge is 2.33. The fourth-order valence-corrected chi connectivity index (χ4v) is 2.32. The maximum atomic E-state index is 12.0. The number of pyridine rings is 1. The van der Waals surface area contributed by atoms with E-state index in [1.807, 2.05) is 0 Å². The average Bonchev–Trinajstić information content (AvgIpc) is 2.87. The van der Waals surface area contributed by atoms with Gasteiger partial charge in [-0.25, -0.2) is 4.98 Å². The summed E-state index contributed by atoms with van der Waals surface area (Å²) in [5.74, 6) is -1.21. The molecule has 1 aliphatic carbocycles. The molecule has 1 amide bonds.